The number of pyridine rings is 1. The van der Waals surface area contributed by atoms with Gasteiger partial charge in [-0.3, -0.25) is 4.98 Å². The summed E-state index contributed by atoms with van der Waals surface area (Å²) in [5.41, 5.74) is 6.74. The average molecular weight is 409 g/mol. The zero-order chi connectivity index (χ0) is 21.3. The molecule has 0 fully saturated rings. The Balaban J connectivity index is 1.37. The number of nitrogens with zero attached hydrogens (tertiary/aromatic N) is 1. The van der Waals surface area contributed by atoms with E-state index in [2.05, 4.69) is 94.6 Å². The minimum Gasteiger partial charge on any atom is -0.383 e. The molecule has 0 radical (unpaired) electrons. The van der Waals surface area contributed by atoms with Crippen molar-refractivity contribution in [3.05, 3.63) is 109 Å². The van der Waals surface area contributed by atoms with Gasteiger partial charge in [0.1, 0.15) is 0 Å². The minimum atomic E-state index is 0.211. The highest BCUT2D eigenvalue weighted by Gasteiger charge is 2.07. The summed E-state index contributed by atoms with van der Waals surface area (Å²) in [6.45, 7) is 3.86. The van der Waals surface area contributed by atoms with Crippen molar-refractivity contribution < 1.29 is 0 Å². The third-order valence-corrected chi connectivity index (χ3v) is 5.17. The van der Waals surface area contributed by atoms with Crippen LogP contribution in [0.5, 0.6) is 0 Å². The molecular weight excluding hydrogens is 380 g/mol. The first-order valence-corrected chi connectivity index (χ1v) is 10.7. The Morgan fingerprint density at radius 3 is 2.06 bits per heavy atom. The summed E-state index contributed by atoms with van der Waals surface area (Å²) in [7, 11) is 0. The van der Waals surface area contributed by atoms with Gasteiger partial charge in [-0.05, 0) is 48.4 Å². The van der Waals surface area contributed by atoms with Gasteiger partial charge in [-0.2, -0.15) is 0 Å². The normalized spacial score (nSPS) is 11.5. The molecule has 0 aliphatic heterocycles. The maximum Gasteiger partial charge on any atom is 0.0537 e. The largest absolute Gasteiger partial charge is 0.383 e. The molecule has 4 rings (SSSR count). The van der Waals surface area contributed by atoms with E-state index in [0.29, 0.717) is 0 Å². The third-order valence-electron chi connectivity index (χ3n) is 5.17. The Bertz CT molecular complexity index is 1080. The van der Waals surface area contributed by atoms with E-state index < -0.39 is 0 Å². The van der Waals surface area contributed by atoms with E-state index in [1.165, 1.54) is 5.56 Å². The molecule has 31 heavy (non-hydrogen) atoms. The Kier molecular flexibility index (Phi) is 6.81. The van der Waals surface area contributed by atoms with Gasteiger partial charge in [0.25, 0.3) is 0 Å². The number of para-hydroxylation sites is 1. The smallest absolute Gasteiger partial charge is 0.0537 e. The van der Waals surface area contributed by atoms with Crippen LogP contribution in [-0.4, -0.2) is 18.1 Å². The molecule has 0 amide bonds. The summed E-state index contributed by atoms with van der Waals surface area (Å²) >= 11 is 0. The van der Waals surface area contributed by atoms with Crippen LogP contribution in [0.2, 0.25) is 0 Å². The van der Waals surface area contributed by atoms with E-state index in [-0.39, 0.29) is 6.04 Å². The second kappa shape index (κ2) is 10.3. The SMILES string of the molecule is CC(Nc1cncc(-c2cccc(NCCNc3ccccc3)c2)c1)c1ccccc1. The van der Waals surface area contributed by atoms with Crippen molar-refractivity contribution in [3.8, 4) is 11.1 Å². The van der Waals surface area contributed by atoms with E-state index in [9.17, 15) is 0 Å². The maximum absolute atomic E-state index is 4.45. The number of nitrogens with one attached hydrogen (secondary N) is 3. The van der Waals surface area contributed by atoms with Gasteiger partial charge in [-0.1, -0.05) is 60.7 Å². The fraction of sp³-hybridized carbons (Fsp3) is 0.148. The highest BCUT2D eigenvalue weighted by Crippen LogP contribution is 2.26. The molecule has 0 aliphatic rings. The Labute approximate surface area is 184 Å². The first-order valence-electron chi connectivity index (χ1n) is 10.7. The average Bonchev–Trinajstić information content (AvgIpc) is 2.83. The summed E-state index contributed by atoms with van der Waals surface area (Å²) < 4.78 is 0. The molecule has 1 unspecified atom stereocenters. The van der Waals surface area contributed by atoms with Crippen LogP contribution in [0.1, 0.15) is 18.5 Å². The third kappa shape index (κ3) is 5.86. The number of benzene rings is 3. The lowest BCUT2D eigenvalue weighted by Crippen LogP contribution is -2.13. The molecule has 0 saturated carbocycles. The van der Waals surface area contributed by atoms with Crippen molar-refractivity contribution in [2.75, 3.05) is 29.0 Å². The lowest BCUT2D eigenvalue weighted by atomic mass is 10.1. The monoisotopic (exact) mass is 408 g/mol. The van der Waals surface area contributed by atoms with Gasteiger partial charge in [-0.25, -0.2) is 0 Å². The summed E-state index contributed by atoms with van der Waals surface area (Å²) in [5.74, 6) is 0. The van der Waals surface area contributed by atoms with E-state index in [1.54, 1.807) is 0 Å². The van der Waals surface area contributed by atoms with Crippen LogP contribution in [0.4, 0.5) is 17.1 Å². The van der Waals surface area contributed by atoms with Crippen molar-refractivity contribution in [3.63, 3.8) is 0 Å². The van der Waals surface area contributed by atoms with Crippen molar-refractivity contribution in [1.29, 1.82) is 0 Å². The number of hydrogen-bond donors (Lipinski definition) is 3. The molecule has 1 aromatic heterocycles. The van der Waals surface area contributed by atoms with Crippen LogP contribution in [0.3, 0.4) is 0 Å². The first kappa shape index (κ1) is 20.5. The van der Waals surface area contributed by atoms with E-state index in [4.69, 9.17) is 0 Å². The minimum absolute atomic E-state index is 0.211. The molecule has 0 spiro atoms. The maximum atomic E-state index is 4.45. The summed E-state index contributed by atoms with van der Waals surface area (Å²) in [6.07, 6.45) is 3.79. The molecule has 4 nitrogen and oxygen atoms in total. The lowest BCUT2D eigenvalue weighted by molar-refractivity contribution is 0.883. The van der Waals surface area contributed by atoms with Crippen LogP contribution >= 0.6 is 0 Å². The van der Waals surface area contributed by atoms with Crippen molar-refractivity contribution in [2.45, 2.75) is 13.0 Å². The number of rotatable bonds is 9. The molecule has 3 aromatic carbocycles. The molecule has 0 saturated heterocycles. The van der Waals surface area contributed by atoms with E-state index in [1.807, 2.05) is 36.7 Å². The second-order valence-corrected chi connectivity index (χ2v) is 7.54. The first-order chi connectivity index (χ1) is 15.3. The van der Waals surface area contributed by atoms with E-state index >= 15 is 0 Å². The van der Waals surface area contributed by atoms with Crippen LogP contribution in [0.15, 0.2) is 103 Å². The molecule has 1 heterocycles. The standard InChI is InChI=1S/C27H28N4/c1-21(22-9-4-2-5-10-22)31-27-18-24(19-28-20-27)23-11-8-14-26(17-23)30-16-15-29-25-12-6-3-7-13-25/h2-14,17-21,29-31H,15-16H2,1H3. The summed E-state index contributed by atoms with van der Waals surface area (Å²) in [6, 6.07) is 31.5. The zero-order valence-corrected chi connectivity index (χ0v) is 17.8. The Hall–Kier alpha value is -3.79. The van der Waals surface area contributed by atoms with Gasteiger partial charge in [0.05, 0.1) is 5.69 Å². The molecule has 4 aromatic rings. The highest BCUT2D eigenvalue weighted by molar-refractivity contribution is 5.70. The van der Waals surface area contributed by atoms with Crippen LogP contribution in [0.25, 0.3) is 11.1 Å². The van der Waals surface area contributed by atoms with Crippen LogP contribution < -0.4 is 16.0 Å². The Morgan fingerprint density at radius 1 is 0.645 bits per heavy atom. The van der Waals surface area contributed by atoms with Crippen LogP contribution in [0, 0.1) is 0 Å². The molecular formula is C27H28N4. The van der Waals surface area contributed by atoms with Crippen molar-refractivity contribution in [2.24, 2.45) is 0 Å². The molecule has 1 atom stereocenters. The molecule has 0 aliphatic carbocycles. The van der Waals surface area contributed by atoms with Gasteiger partial charge >= 0.3 is 0 Å². The lowest BCUT2D eigenvalue weighted by Gasteiger charge is -2.16. The van der Waals surface area contributed by atoms with Crippen LogP contribution in [-0.2, 0) is 0 Å². The fourth-order valence-electron chi connectivity index (χ4n) is 3.53. The quantitative estimate of drug-likeness (QED) is 0.279. The summed E-state index contributed by atoms with van der Waals surface area (Å²) in [4.78, 5) is 4.45. The van der Waals surface area contributed by atoms with Crippen molar-refractivity contribution in [1.82, 2.24) is 4.98 Å². The number of hydrogen-bond acceptors (Lipinski definition) is 4. The van der Waals surface area contributed by atoms with Gasteiger partial charge in [0, 0.05) is 48.5 Å². The van der Waals surface area contributed by atoms with E-state index in [0.717, 1.165) is 41.3 Å². The Morgan fingerprint density at radius 2 is 1.29 bits per heavy atom. The van der Waals surface area contributed by atoms with Gasteiger partial charge in [0.15, 0.2) is 0 Å². The fourth-order valence-corrected chi connectivity index (χ4v) is 3.53. The van der Waals surface area contributed by atoms with Gasteiger partial charge < -0.3 is 16.0 Å². The zero-order valence-electron chi connectivity index (χ0n) is 17.8. The molecule has 4 heteroatoms. The van der Waals surface area contributed by atoms with Gasteiger partial charge in [0.2, 0.25) is 0 Å². The second-order valence-electron chi connectivity index (χ2n) is 7.54. The predicted molar refractivity (Wildman–Crippen MR) is 132 cm³/mol. The summed E-state index contributed by atoms with van der Waals surface area (Å²) in [5, 5.41) is 10.5. The molecule has 156 valence electrons. The number of anilines is 3. The van der Waals surface area contributed by atoms with Crippen molar-refractivity contribution >= 4 is 17.1 Å². The number of aromatic nitrogens is 1. The predicted octanol–water partition coefficient (Wildman–Crippen LogP) is 6.45. The molecule has 0 bridgehead atoms. The molecule has 3 N–H and O–H groups in total. The highest BCUT2D eigenvalue weighted by atomic mass is 14.9. The van der Waals surface area contributed by atoms with Gasteiger partial charge in [-0.15, -0.1) is 0 Å². The topological polar surface area (TPSA) is 49.0 Å².